The van der Waals surface area contributed by atoms with Gasteiger partial charge in [-0.2, -0.15) is 0 Å². The van der Waals surface area contributed by atoms with Gasteiger partial charge in [0.15, 0.2) is 11.6 Å². The lowest BCUT2D eigenvalue weighted by Crippen LogP contribution is -2.09. The molecular weight excluding hydrogens is 240 g/mol. The second-order valence-electron chi connectivity index (χ2n) is 4.79. The molecule has 0 radical (unpaired) electrons. The Morgan fingerprint density at radius 2 is 1.63 bits per heavy atom. The first-order valence-corrected chi connectivity index (χ1v) is 6.16. The summed E-state index contributed by atoms with van der Waals surface area (Å²) in [6, 6.07) is 7.22. The Morgan fingerprint density at radius 1 is 1.00 bits per heavy atom. The van der Waals surface area contributed by atoms with Crippen LogP contribution in [0.5, 0.6) is 0 Å². The fourth-order valence-electron chi connectivity index (χ4n) is 2.15. The largest absolute Gasteiger partial charge is 0.469 e. The lowest BCUT2D eigenvalue weighted by molar-refractivity contribution is 0.0893. The van der Waals surface area contributed by atoms with E-state index in [0.717, 1.165) is 11.1 Å². The monoisotopic (exact) mass is 256 g/mol. The molecule has 1 aromatic heterocycles. The summed E-state index contributed by atoms with van der Waals surface area (Å²) < 4.78 is 5.08. The number of rotatable bonds is 4. The first-order chi connectivity index (χ1) is 8.97. The van der Waals surface area contributed by atoms with Gasteiger partial charge in [0, 0.05) is 5.56 Å². The summed E-state index contributed by atoms with van der Waals surface area (Å²) in [7, 11) is 0. The minimum absolute atomic E-state index is 0.122. The number of Topliss-reactive ketones (excluding diaryl/α,β-unsaturated/α-hetero) is 2. The quantitative estimate of drug-likeness (QED) is 0.619. The van der Waals surface area contributed by atoms with Crippen molar-refractivity contribution in [3.8, 4) is 0 Å². The van der Waals surface area contributed by atoms with E-state index in [1.165, 1.54) is 6.26 Å². The molecule has 0 amide bonds. The van der Waals surface area contributed by atoms with Crippen molar-refractivity contribution >= 4 is 11.6 Å². The van der Waals surface area contributed by atoms with Crippen LogP contribution in [0, 0.1) is 20.8 Å². The molecule has 2 rings (SSSR count). The molecule has 19 heavy (non-hydrogen) atoms. The van der Waals surface area contributed by atoms with Gasteiger partial charge in [0.05, 0.1) is 18.2 Å². The molecule has 1 heterocycles. The Bertz CT molecular complexity index is 615. The average molecular weight is 256 g/mol. The van der Waals surface area contributed by atoms with Gasteiger partial charge in [0.25, 0.3) is 0 Å². The fourth-order valence-corrected chi connectivity index (χ4v) is 2.15. The zero-order valence-corrected chi connectivity index (χ0v) is 11.3. The summed E-state index contributed by atoms with van der Waals surface area (Å²) in [5.41, 5.74) is 3.12. The predicted octanol–water partition coefficient (Wildman–Crippen LogP) is 3.66. The van der Waals surface area contributed by atoms with Gasteiger partial charge in [-0.15, -0.1) is 0 Å². The minimum atomic E-state index is -0.199. The molecule has 98 valence electrons. The van der Waals surface area contributed by atoms with Crippen LogP contribution in [0.2, 0.25) is 0 Å². The minimum Gasteiger partial charge on any atom is -0.469 e. The van der Waals surface area contributed by atoms with Crippen molar-refractivity contribution in [2.45, 2.75) is 27.2 Å². The summed E-state index contributed by atoms with van der Waals surface area (Å²) in [5, 5.41) is 0. The van der Waals surface area contributed by atoms with Crippen LogP contribution in [0.4, 0.5) is 0 Å². The summed E-state index contributed by atoms with van der Waals surface area (Å²) in [6.07, 6.45) is 1.34. The summed E-state index contributed by atoms with van der Waals surface area (Å²) in [4.78, 5) is 24.1. The lowest BCUT2D eigenvalue weighted by Gasteiger charge is -2.04. The molecule has 0 unspecified atom stereocenters. The topological polar surface area (TPSA) is 47.3 Å². The molecule has 0 aliphatic heterocycles. The van der Waals surface area contributed by atoms with Crippen LogP contribution in [0.3, 0.4) is 0 Å². The van der Waals surface area contributed by atoms with Crippen LogP contribution < -0.4 is 0 Å². The third kappa shape index (κ3) is 2.99. The van der Waals surface area contributed by atoms with Gasteiger partial charge in [-0.3, -0.25) is 9.59 Å². The van der Waals surface area contributed by atoms with E-state index in [4.69, 9.17) is 4.42 Å². The van der Waals surface area contributed by atoms with Crippen molar-refractivity contribution < 1.29 is 14.0 Å². The second kappa shape index (κ2) is 5.22. The van der Waals surface area contributed by atoms with Crippen molar-refractivity contribution in [1.82, 2.24) is 0 Å². The number of carbonyl (C=O) groups excluding carboxylic acids is 2. The molecule has 0 atom stereocenters. The Balaban J connectivity index is 2.17. The highest BCUT2D eigenvalue weighted by Crippen LogP contribution is 2.15. The Labute approximate surface area is 112 Å². The van der Waals surface area contributed by atoms with Crippen molar-refractivity contribution in [3.05, 3.63) is 58.5 Å². The van der Waals surface area contributed by atoms with E-state index in [9.17, 15) is 9.59 Å². The van der Waals surface area contributed by atoms with Crippen molar-refractivity contribution in [2.75, 3.05) is 0 Å². The molecule has 0 saturated heterocycles. The number of benzene rings is 1. The summed E-state index contributed by atoms with van der Waals surface area (Å²) in [6.45, 7) is 5.59. The van der Waals surface area contributed by atoms with Gasteiger partial charge in [-0.1, -0.05) is 17.2 Å². The van der Waals surface area contributed by atoms with Gasteiger partial charge in [0.1, 0.15) is 5.76 Å². The predicted molar refractivity (Wildman–Crippen MR) is 72.6 cm³/mol. The third-order valence-electron chi connectivity index (χ3n) is 3.02. The highest BCUT2D eigenvalue weighted by atomic mass is 16.3. The molecule has 1 aromatic carbocycles. The smallest absolute Gasteiger partial charge is 0.174 e. The number of aryl methyl sites for hydroxylation is 3. The molecule has 0 saturated carbocycles. The Morgan fingerprint density at radius 3 is 2.16 bits per heavy atom. The van der Waals surface area contributed by atoms with Crippen molar-refractivity contribution in [2.24, 2.45) is 0 Å². The number of hydrogen-bond donors (Lipinski definition) is 0. The molecule has 0 bridgehead atoms. The van der Waals surface area contributed by atoms with Crippen LogP contribution >= 0.6 is 0 Å². The zero-order chi connectivity index (χ0) is 14.0. The molecule has 0 fully saturated rings. The number of ketones is 2. The fraction of sp³-hybridized carbons (Fsp3) is 0.250. The van der Waals surface area contributed by atoms with Gasteiger partial charge in [-0.25, -0.2) is 0 Å². The zero-order valence-electron chi connectivity index (χ0n) is 11.3. The van der Waals surface area contributed by atoms with Crippen LogP contribution in [-0.4, -0.2) is 11.6 Å². The molecule has 0 aliphatic carbocycles. The summed E-state index contributed by atoms with van der Waals surface area (Å²) in [5.74, 6) is 0.200. The maximum atomic E-state index is 12.1. The molecule has 3 heteroatoms. The SMILES string of the molecule is Cc1cc(C)cc(C(=O)CC(=O)c2ccoc2C)c1. The van der Waals surface area contributed by atoms with Crippen LogP contribution in [0.15, 0.2) is 34.9 Å². The number of hydrogen-bond acceptors (Lipinski definition) is 3. The van der Waals surface area contributed by atoms with Crippen LogP contribution in [-0.2, 0) is 0 Å². The molecular formula is C16H16O3. The molecule has 2 aromatic rings. The van der Waals surface area contributed by atoms with E-state index in [0.29, 0.717) is 16.9 Å². The van der Waals surface area contributed by atoms with E-state index < -0.39 is 0 Å². The van der Waals surface area contributed by atoms with E-state index in [2.05, 4.69) is 0 Å². The third-order valence-corrected chi connectivity index (χ3v) is 3.02. The Hall–Kier alpha value is -2.16. The Kier molecular flexibility index (Phi) is 3.65. The standard InChI is InChI=1S/C16H16O3/c1-10-6-11(2)8-13(7-10)15(17)9-16(18)14-4-5-19-12(14)3/h4-8H,9H2,1-3H3. The maximum Gasteiger partial charge on any atom is 0.174 e. The molecule has 0 aliphatic rings. The van der Waals surface area contributed by atoms with E-state index >= 15 is 0 Å². The highest BCUT2D eigenvalue weighted by molar-refractivity contribution is 6.13. The van der Waals surface area contributed by atoms with Crippen LogP contribution in [0.1, 0.15) is 44.0 Å². The van der Waals surface area contributed by atoms with Gasteiger partial charge in [0.2, 0.25) is 0 Å². The second-order valence-corrected chi connectivity index (χ2v) is 4.79. The van der Waals surface area contributed by atoms with Crippen LogP contribution in [0.25, 0.3) is 0 Å². The van der Waals surface area contributed by atoms with Gasteiger partial charge < -0.3 is 4.42 Å². The van der Waals surface area contributed by atoms with Gasteiger partial charge >= 0.3 is 0 Å². The van der Waals surface area contributed by atoms with E-state index in [1.54, 1.807) is 13.0 Å². The first-order valence-electron chi connectivity index (χ1n) is 6.16. The number of carbonyl (C=O) groups is 2. The van der Waals surface area contributed by atoms with Crippen molar-refractivity contribution in [3.63, 3.8) is 0 Å². The molecule has 0 N–H and O–H groups in total. The maximum absolute atomic E-state index is 12.1. The first kappa shape index (κ1) is 13.3. The number of furan rings is 1. The average Bonchev–Trinajstić information content (AvgIpc) is 2.74. The molecule has 3 nitrogen and oxygen atoms in total. The normalized spacial score (nSPS) is 10.5. The van der Waals surface area contributed by atoms with E-state index in [1.807, 2.05) is 32.0 Å². The summed E-state index contributed by atoms with van der Waals surface area (Å²) >= 11 is 0. The lowest BCUT2D eigenvalue weighted by atomic mass is 9.99. The molecule has 0 spiro atoms. The van der Waals surface area contributed by atoms with E-state index in [-0.39, 0.29) is 18.0 Å². The highest BCUT2D eigenvalue weighted by Gasteiger charge is 2.17. The van der Waals surface area contributed by atoms with Crippen molar-refractivity contribution in [1.29, 1.82) is 0 Å². The van der Waals surface area contributed by atoms with Gasteiger partial charge in [-0.05, 0) is 39.0 Å².